The highest BCUT2D eigenvalue weighted by Crippen LogP contribution is 2.27. The van der Waals surface area contributed by atoms with Crippen molar-refractivity contribution in [1.29, 1.82) is 0 Å². The Labute approximate surface area is 126 Å². The number of hydrogen-bond donors (Lipinski definition) is 1. The smallest absolute Gasteiger partial charge is 0.0989 e. The Balaban J connectivity index is 0.000000902. The van der Waals surface area contributed by atoms with Crippen molar-refractivity contribution in [1.82, 2.24) is 10.3 Å². The van der Waals surface area contributed by atoms with Crippen LogP contribution in [0.5, 0.6) is 0 Å². The van der Waals surface area contributed by atoms with Crippen molar-refractivity contribution in [3.8, 4) is 0 Å². The van der Waals surface area contributed by atoms with Crippen molar-refractivity contribution in [2.75, 3.05) is 13.2 Å². The van der Waals surface area contributed by atoms with Gasteiger partial charge in [0.2, 0.25) is 0 Å². The molecule has 4 nitrogen and oxygen atoms in total. The van der Waals surface area contributed by atoms with E-state index < -0.39 is 0 Å². The summed E-state index contributed by atoms with van der Waals surface area (Å²) in [7, 11) is 0. The molecule has 1 aromatic rings. The van der Waals surface area contributed by atoms with Crippen LogP contribution in [0.15, 0.2) is 24.5 Å². The summed E-state index contributed by atoms with van der Waals surface area (Å²) in [6.07, 6.45) is 6.34. The predicted molar refractivity (Wildman–Crippen MR) is 78.1 cm³/mol. The van der Waals surface area contributed by atoms with E-state index in [-0.39, 0.29) is 37.0 Å². The third kappa shape index (κ3) is 4.04. The lowest BCUT2D eigenvalue weighted by molar-refractivity contribution is -0.0836. The molecule has 3 rings (SSSR count). The largest absolute Gasteiger partial charge is 0.373 e. The summed E-state index contributed by atoms with van der Waals surface area (Å²) >= 11 is 0. The highest BCUT2D eigenvalue weighted by Gasteiger charge is 2.39. The maximum Gasteiger partial charge on any atom is 0.0989 e. The summed E-state index contributed by atoms with van der Waals surface area (Å²) < 4.78 is 11.8. The summed E-state index contributed by atoms with van der Waals surface area (Å²) in [6, 6.07) is 4.47. The number of fused-ring (bicyclic) bond motifs is 1. The van der Waals surface area contributed by atoms with E-state index in [0.29, 0.717) is 12.6 Å². The van der Waals surface area contributed by atoms with Crippen LogP contribution in [0, 0.1) is 0 Å². The number of halogens is 2. The van der Waals surface area contributed by atoms with Crippen molar-refractivity contribution < 1.29 is 9.47 Å². The molecule has 0 aromatic carbocycles. The first-order valence-electron chi connectivity index (χ1n) is 6.29. The first-order chi connectivity index (χ1) is 8.43. The van der Waals surface area contributed by atoms with Crippen LogP contribution in [-0.2, 0) is 16.1 Å². The van der Waals surface area contributed by atoms with Crippen LogP contribution in [0.4, 0.5) is 0 Å². The molecule has 2 aliphatic rings. The number of rotatable bonds is 3. The van der Waals surface area contributed by atoms with Gasteiger partial charge < -0.3 is 14.8 Å². The second-order valence-corrected chi connectivity index (χ2v) is 4.68. The molecule has 2 fully saturated rings. The Bertz CT molecular complexity index is 367. The SMILES string of the molecule is Cl.Cl.c1cncc(CO[C@@H]2CC[C@@H]3NCCO[C@H]32)c1. The molecule has 3 atom stereocenters. The van der Waals surface area contributed by atoms with Crippen molar-refractivity contribution in [3.05, 3.63) is 30.1 Å². The van der Waals surface area contributed by atoms with E-state index in [1.807, 2.05) is 18.3 Å². The zero-order chi connectivity index (χ0) is 11.5. The lowest BCUT2D eigenvalue weighted by Gasteiger charge is -2.30. The molecule has 0 spiro atoms. The number of nitrogens with zero attached hydrogens (tertiary/aromatic N) is 1. The van der Waals surface area contributed by atoms with Crippen LogP contribution in [0.2, 0.25) is 0 Å². The minimum Gasteiger partial charge on any atom is -0.373 e. The number of morpholine rings is 1. The van der Waals surface area contributed by atoms with Gasteiger partial charge >= 0.3 is 0 Å². The molecule has 0 unspecified atom stereocenters. The fourth-order valence-electron chi connectivity index (χ4n) is 2.68. The molecule has 1 aromatic heterocycles. The zero-order valence-electron chi connectivity index (χ0n) is 10.7. The van der Waals surface area contributed by atoms with E-state index in [1.165, 1.54) is 0 Å². The lowest BCUT2D eigenvalue weighted by atomic mass is 10.1. The second kappa shape index (κ2) is 8.02. The Morgan fingerprint density at radius 3 is 3.05 bits per heavy atom. The van der Waals surface area contributed by atoms with Gasteiger partial charge in [0.05, 0.1) is 25.4 Å². The zero-order valence-corrected chi connectivity index (χ0v) is 12.3. The van der Waals surface area contributed by atoms with Gasteiger partial charge in [0.1, 0.15) is 0 Å². The molecule has 19 heavy (non-hydrogen) atoms. The van der Waals surface area contributed by atoms with E-state index >= 15 is 0 Å². The topological polar surface area (TPSA) is 43.4 Å². The third-order valence-electron chi connectivity index (χ3n) is 3.53. The van der Waals surface area contributed by atoms with Crippen molar-refractivity contribution in [3.63, 3.8) is 0 Å². The summed E-state index contributed by atoms with van der Waals surface area (Å²) in [5.74, 6) is 0. The van der Waals surface area contributed by atoms with Gasteiger partial charge in [0.15, 0.2) is 0 Å². The number of hydrogen-bond acceptors (Lipinski definition) is 4. The number of nitrogens with one attached hydrogen (secondary N) is 1. The molecule has 0 bridgehead atoms. The van der Waals surface area contributed by atoms with E-state index in [9.17, 15) is 0 Å². The molecule has 0 radical (unpaired) electrons. The second-order valence-electron chi connectivity index (χ2n) is 4.68. The predicted octanol–water partition coefficient (Wildman–Crippen LogP) is 1.96. The molecule has 1 aliphatic carbocycles. The van der Waals surface area contributed by atoms with Crippen LogP contribution >= 0.6 is 24.8 Å². The normalized spacial score (nSPS) is 28.9. The van der Waals surface area contributed by atoms with Crippen molar-refractivity contribution >= 4 is 24.8 Å². The van der Waals surface area contributed by atoms with E-state index in [1.54, 1.807) is 6.20 Å². The van der Waals surface area contributed by atoms with Gasteiger partial charge in [-0.25, -0.2) is 0 Å². The van der Waals surface area contributed by atoms with Crippen molar-refractivity contribution in [2.45, 2.75) is 37.7 Å². The number of aromatic nitrogens is 1. The van der Waals surface area contributed by atoms with Gasteiger partial charge in [-0.3, -0.25) is 4.98 Å². The van der Waals surface area contributed by atoms with Crippen LogP contribution in [0.3, 0.4) is 0 Å². The van der Waals surface area contributed by atoms with Crippen LogP contribution in [0.25, 0.3) is 0 Å². The van der Waals surface area contributed by atoms with Crippen molar-refractivity contribution in [2.24, 2.45) is 0 Å². The number of ether oxygens (including phenoxy) is 2. The standard InChI is InChI=1S/C13H18N2O2.2ClH/c1-2-10(8-14-5-1)9-17-12-4-3-11-13(12)16-7-6-15-11;;/h1-2,5,8,11-13,15H,3-4,6-7,9H2;2*1H/t11-,12+,13+;;/m0../s1. The molecule has 1 N–H and O–H groups in total. The Kier molecular flexibility index (Phi) is 7.04. The third-order valence-corrected chi connectivity index (χ3v) is 3.53. The van der Waals surface area contributed by atoms with Gasteiger partial charge in [-0.05, 0) is 24.5 Å². The minimum absolute atomic E-state index is 0. The highest BCUT2D eigenvalue weighted by atomic mass is 35.5. The van der Waals surface area contributed by atoms with E-state index in [2.05, 4.69) is 10.3 Å². The highest BCUT2D eigenvalue weighted by molar-refractivity contribution is 5.85. The number of pyridine rings is 1. The van der Waals surface area contributed by atoms with Gasteiger partial charge in [0, 0.05) is 25.0 Å². The summed E-state index contributed by atoms with van der Waals surface area (Å²) in [5, 5.41) is 3.49. The average molecular weight is 307 g/mol. The molecular formula is C13H20Cl2N2O2. The summed E-state index contributed by atoms with van der Waals surface area (Å²) in [6.45, 7) is 2.40. The molecule has 1 aliphatic heterocycles. The molecule has 6 heteroatoms. The van der Waals surface area contributed by atoms with Gasteiger partial charge in [0.25, 0.3) is 0 Å². The quantitative estimate of drug-likeness (QED) is 0.927. The van der Waals surface area contributed by atoms with E-state index in [4.69, 9.17) is 9.47 Å². The fraction of sp³-hybridized carbons (Fsp3) is 0.615. The van der Waals surface area contributed by atoms with Gasteiger partial charge in [-0.15, -0.1) is 24.8 Å². The van der Waals surface area contributed by atoms with E-state index in [0.717, 1.165) is 31.6 Å². The molecule has 2 heterocycles. The fourth-order valence-corrected chi connectivity index (χ4v) is 2.68. The molecular weight excluding hydrogens is 287 g/mol. The Morgan fingerprint density at radius 2 is 2.26 bits per heavy atom. The molecule has 108 valence electrons. The Morgan fingerprint density at radius 1 is 1.37 bits per heavy atom. The lowest BCUT2D eigenvalue weighted by Crippen LogP contribution is -2.48. The van der Waals surface area contributed by atoms with Gasteiger partial charge in [-0.2, -0.15) is 0 Å². The first-order valence-corrected chi connectivity index (χ1v) is 6.29. The maximum absolute atomic E-state index is 5.95. The minimum atomic E-state index is 0. The monoisotopic (exact) mass is 306 g/mol. The molecule has 0 amide bonds. The summed E-state index contributed by atoms with van der Waals surface area (Å²) in [5.41, 5.74) is 1.12. The summed E-state index contributed by atoms with van der Waals surface area (Å²) in [4.78, 5) is 4.09. The van der Waals surface area contributed by atoms with Crippen LogP contribution in [-0.4, -0.2) is 36.4 Å². The molecule has 1 saturated heterocycles. The first kappa shape index (κ1) is 16.7. The Hall–Kier alpha value is -0.390. The maximum atomic E-state index is 5.95. The van der Waals surface area contributed by atoms with Crippen LogP contribution in [0.1, 0.15) is 18.4 Å². The van der Waals surface area contributed by atoms with Gasteiger partial charge in [-0.1, -0.05) is 6.07 Å². The molecule has 1 saturated carbocycles. The van der Waals surface area contributed by atoms with Crippen LogP contribution < -0.4 is 5.32 Å². The average Bonchev–Trinajstić information content (AvgIpc) is 2.81.